The number of Topliss-reactive ketones (excluding diaryl/α,β-unsaturated/α-hetero) is 1. The zero-order valence-electron chi connectivity index (χ0n) is 58.8. The SMILES string of the molecule is C.C.C.C.C.C.C.C=C(C)C(=O)OC1CCCCO1.CCC(=O)C(C)C.CCOC(=O)C(C)CC(C)(CC(C)(C)C(=O)OC)C(=O)OC1CCCCO1.CO.COC(=O)C(C)(C)CC(C)(C(=O)OC1CCCCO1)/C(C)=C(\OP)O[Si](C)(C)C.COC(O[Si](C)(C)C)=C(C)C.[3HH]. The van der Waals surface area contributed by atoms with E-state index in [4.69, 9.17) is 65.9 Å². The van der Waals surface area contributed by atoms with Crippen molar-refractivity contribution in [2.45, 2.75) is 297 Å². The van der Waals surface area contributed by atoms with E-state index in [9.17, 15) is 33.6 Å². The van der Waals surface area contributed by atoms with Gasteiger partial charge in [0.25, 0.3) is 11.9 Å². The van der Waals surface area contributed by atoms with Crippen LogP contribution in [-0.2, 0) is 94.3 Å². The molecule has 572 valence electrons. The highest BCUT2D eigenvalue weighted by Gasteiger charge is 2.49. The minimum absolute atomic E-state index is 0. The minimum atomic E-state index is -2.01. The summed E-state index contributed by atoms with van der Waals surface area (Å²) >= 11 is 0. The molecule has 1 N–H and O–H groups in total. The maximum Gasteiger partial charge on any atom is 0.335 e. The molecule has 3 rings (SSSR count). The van der Waals surface area contributed by atoms with Gasteiger partial charge in [0, 0.05) is 56.9 Å². The lowest BCUT2D eigenvalue weighted by molar-refractivity contribution is -0.200. The van der Waals surface area contributed by atoms with Gasteiger partial charge in [0.15, 0.2) is 0 Å². The molecule has 0 bridgehead atoms. The molecule has 0 amide bonds. The van der Waals surface area contributed by atoms with E-state index in [2.05, 4.69) is 35.7 Å². The maximum absolute atomic E-state index is 13.4. The van der Waals surface area contributed by atoms with Gasteiger partial charge in [-0.25, -0.2) is 4.79 Å². The molecule has 0 aromatic heterocycles. The Morgan fingerprint density at radius 2 is 0.937 bits per heavy atom. The molecule has 0 spiro atoms. The molecule has 0 radical (unpaired) electrons. The lowest BCUT2D eigenvalue weighted by Crippen LogP contribution is -2.42. The summed E-state index contributed by atoms with van der Waals surface area (Å²) in [6, 6.07) is 0. The van der Waals surface area contributed by atoms with Crippen molar-refractivity contribution in [3.8, 4) is 0 Å². The van der Waals surface area contributed by atoms with Gasteiger partial charge in [0.1, 0.15) is 5.78 Å². The van der Waals surface area contributed by atoms with Crippen LogP contribution >= 0.6 is 9.47 Å². The van der Waals surface area contributed by atoms with E-state index < -0.39 is 80.7 Å². The fourth-order valence-corrected chi connectivity index (χ4v) is 11.0. The number of ketones is 1. The third-order valence-corrected chi connectivity index (χ3v) is 15.4. The van der Waals surface area contributed by atoms with Crippen LogP contribution in [0.15, 0.2) is 35.2 Å². The van der Waals surface area contributed by atoms with E-state index >= 15 is 0 Å². The van der Waals surface area contributed by atoms with Crippen molar-refractivity contribution >= 4 is 67.7 Å². The van der Waals surface area contributed by atoms with Crippen LogP contribution in [0.5, 0.6) is 0 Å². The third-order valence-electron chi connectivity index (χ3n) is 13.6. The fraction of sp³-hybridized carbons (Fsp3) is 0.817. The van der Waals surface area contributed by atoms with Crippen LogP contribution in [0.1, 0.15) is 241 Å². The van der Waals surface area contributed by atoms with Crippen molar-refractivity contribution < 1.29 is 101 Å². The normalized spacial score (nSPS) is 17.2. The predicted molar refractivity (Wildman–Crippen MR) is 397 cm³/mol. The number of rotatable bonds is 25. The highest BCUT2D eigenvalue weighted by molar-refractivity contribution is 7.10. The van der Waals surface area contributed by atoms with Crippen LogP contribution in [0.25, 0.3) is 0 Å². The quantitative estimate of drug-likeness (QED) is 0.0222. The Morgan fingerprint density at radius 3 is 1.21 bits per heavy atom. The number of hydrogen-bond acceptors (Lipinski definition) is 21. The van der Waals surface area contributed by atoms with Crippen LogP contribution in [0, 0.1) is 33.5 Å². The van der Waals surface area contributed by atoms with Gasteiger partial charge in [-0.15, -0.1) is 0 Å². The van der Waals surface area contributed by atoms with Crippen molar-refractivity contribution in [3.05, 3.63) is 35.2 Å². The number of allylic oxidation sites excluding steroid dienone is 1. The van der Waals surface area contributed by atoms with Crippen LogP contribution in [0.4, 0.5) is 0 Å². The number of aliphatic hydroxyl groups excluding tert-OH is 1. The summed E-state index contributed by atoms with van der Waals surface area (Å²) in [6.07, 6.45) is 7.73. The van der Waals surface area contributed by atoms with E-state index in [0.29, 0.717) is 62.0 Å². The van der Waals surface area contributed by atoms with Gasteiger partial charge in [0.2, 0.25) is 35.5 Å². The number of ether oxygens (including phenoxy) is 10. The first-order valence-electron chi connectivity index (χ1n) is 30.7. The van der Waals surface area contributed by atoms with Crippen molar-refractivity contribution in [2.24, 2.45) is 33.5 Å². The van der Waals surface area contributed by atoms with E-state index in [-0.39, 0.29) is 109 Å². The monoisotopic (exact) mass is 1430 g/mol. The smallest absolute Gasteiger partial charge is 0.335 e. The lowest BCUT2D eigenvalue weighted by Gasteiger charge is -2.37. The van der Waals surface area contributed by atoms with Gasteiger partial charge >= 0.3 is 35.8 Å². The first-order chi connectivity index (χ1) is 40.6. The molecule has 95 heavy (non-hydrogen) atoms. The Morgan fingerprint density at radius 1 is 0.568 bits per heavy atom. The van der Waals surface area contributed by atoms with E-state index in [1.165, 1.54) is 14.2 Å². The lowest BCUT2D eigenvalue weighted by atomic mass is 9.70. The van der Waals surface area contributed by atoms with Crippen LogP contribution in [-0.4, -0.2) is 137 Å². The first-order valence-corrected chi connectivity index (χ1v) is 38.0. The van der Waals surface area contributed by atoms with E-state index in [1.807, 2.05) is 54.3 Å². The van der Waals surface area contributed by atoms with Gasteiger partial charge in [-0.3, -0.25) is 28.8 Å². The number of aliphatic hydroxyl groups is 1. The predicted octanol–water partition coefficient (Wildman–Crippen LogP) is 18.1. The molecule has 3 aliphatic rings. The summed E-state index contributed by atoms with van der Waals surface area (Å²) in [5, 5.41) is 7.00. The first kappa shape index (κ1) is 112. The maximum atomic E-state index is 13.4. The Bertz CT molecular complexity index is 2190. The summed E-state index contributed by atoms with van der Waals surface area (Å²) < 4.78 is 69.7. The van der Waals surface area contributed by atoms with E-state index in [0.717, 1.165) is 57.6 Å². The summed E-state index contributed by atoms with van der Waals surface area (Å²) in [6.45, 7) is 45.0. The van der Waals surface area contributed by atoms with Gasteiger partial charge in [-0.1, -0.05) is 86.3 Å². The van der Waals surface area contributed by atoms with Gasteiger partial charge < -0.3 is 65.9 Å². The molecule has 3 aliphatic heterocycles. The van der Waals surface area contributed by atoms with Crippen LogP contribution in [0.3, 0.4) is 0 Å². The number of carbonyl (C=O) groups is 7. The van der Waals surface area contributed by atoms with Gasteiger partial charge in [-0.05, 0) is 173 Å². The molecule has 3 saturated heterocycles. The highest BCUT2D eigenvalue weighted by atomic mass is 31.0. The number of methoxy groups -OCH3 is 3. The van der Waals surface area contributed by atoms with Crippen molar-refractivity contribution in [3.63, 3.8) is 0 Å². The molecule has 0 aliphatic carbocycles. The molecule has 0 aromatic carbocycles. The Kier molecular flexibility index (Phi) is 65.4. The molecule has 7 unspecified atom stereocenters. The molecule has 3 fully saturated rings. The molecular weight excluding hydrogens is 1280 g/mol. The zero-order chi connectivity index (χ0) is 69.0. The molecule has 24 heteroatoms. The molecule has 0 saturated carbocycles. The largest absolute Gasteiger partial charge is 0.520 e. The number of esters is 6. The molecule has 0 aromatic rings. The van der Waals surface area contributed by atoms with Crippen LogP contribution in [0.2, 0.25) is 39.3 Å². The van der Waals surface area contributed by atoms with Gasteiger partial charge in [-0.2, -0.15) is 0 Å². The van der Waals surface area contributed by atoms with Gasteiger partial charge in [0.05, 0.1) is 84.8 Å². The second-order valence-corrected chi connectivity index (χ2v) is 35.3. The standard InChI is InChI=1S/C20H37O7PSi.C20H34O7.C9H14O3.C8H18O2Si.C6H12O.CH4O.7CH4.H2/c1-14(16(26-28)27-29(6,7)8)20(4,13-19(2,3)17(21)23-5)18(22)25-15-11-9-10-12-24-15;1-7-25-16(21)14(2)12-20(5,13-19(3,4)17(22)24-6)18(23)27-15-10-8-9-11-26-15;1-7(2)9(10)12-8-5-3-4-6-11-8;1-7(2)8(9-3)10-11(4,5)6;1-4-6(7)5(2)3;1-2;;;;;;;;/h15H,9-13,28H2,1-8H3;14-15H,7-13H2,1-6H3;8H,1,3-6H2,2H3;1-6H3;5H,4H2,1-3H3;2H,1H3;7*1H4;1H/b16-14+;;;;;;;;;;;;;/i;;;;;;;;;;;;;1+2. The zero-order valence-corrected chi connectivity index (χ0v) is 62.0. The minimum Gasteiger partial charge on any atom is -0.520 e. The van der Waals surface area contributed by atoms with Crippen molar-refractivity contribution in [1.82, 2.24) is 0 Å². The third kappa shape index (κ3) is 46.5. The summed E-state index contributed by atoms with van der Waals surface area (Å²) in [4.78, 5) is 84.5. The second-order valence-electron chi connectivity index (χ2n) is 26.2. The highest BCUT2D eigenvalue weighted by Crippen LogP contribution is 2.45. The fourth-order valence-electron chi connectivity index (χ4n) is 9.06. The van der Waals surface area contributed by atoms with Crippen LogP contribution < -0.4 is 0 Å². The Balaban J connectivity index is -0.000000110. The molecule has 7 atom stereocenters. The topological polar surface area (TPSA) is 260 Å². The second kappa shape index (κ2) is 55.5. The molecule has 3 heterocycles. The van der Waals surface area contributed by atoms with E-state index in [1.54, 1.807) is 76.3 Å². The summed E-state index contributed by atoms with van der Waals surface area (Å²) in [5.74, 6) is -1.49. The average Bonchev–Trinajstić information content (AvgIpc) is 0.793. The summed E-state index contributed by atoms with van der Waals surface area (Å²) in [5.41, 5.74) is -2.01. The summed E-state index contributed by atoms with van der Waals surface area (Å²) in [7, 11) is 3.97. The molecule has 21 nitrogen and oxygen atoms in total. The van der Waals surface area contributed by atoms with Crippen molar-refractivity contribution in [1.29, 1.82) is 0 Å². The van der Waals surface area contributed by atoms with Crippen molar-refractivity contribution in [2.75, 3.05) is 54.9 Å². The Hall–Kier alpha value is -4.39. The average molecular weight is 1430 g/mol. The Labute approximate surface area is 587 Å². The molecular formula is C71H149O21PSi2. The number of carbonyl (C=O) groups excluding carboxylic acids is 7. The number of hydrogen-bond donors (Lipinski definition) is 1.